The predicted molar refractivity (Wildman–Crippen MR) is 60.7 cm³/mol. The Bertz CT molecular complexity index is 663. The van der Waals surface area contributed by atoms with E-state index in [4.69, 9.17) is 5.73 Å². The van der Waals surface area contributed by atoms with Gasteiger partial charge in [0.2, 0.25) is 0 Å². The van der Waals surface area contributed by atoms with Crippen LogP contribution in [0.5, 0.6) is 0 Å². The van der Waals surface area contributed by atoms with Crippen molar-refractivity contribution in [3.63, 3.8) is 0 Å². The molecule has 0 fully saturated rings. The van der Waals surface area contributed by atoms with Crippen LogP contribution in [0.4, 0.5) is 16.1 Å². The second-order valence-corrected chi connectivity index (χ2v) is 5.15. The zero-order valence-corrected chi connectivity index (χ0v) is 10.0. The summed E-state index contributed by atoms with van der Waals surface area (Å²) < 4.78 is 43.4. The number of halogens is 1. The highest BCUT2D eigenvalue weighted by Gasteiger charge is 2.18. The molecule has 7 nitrogen and oxygen atoms in total. The number of rotatable bonds is 3. The Morgan fingerprint density at radius 2 is 2.11 bits per heavy atom. The molecule has 0 radical (unpaired) electrons. The molecule has 1 heterocycles. The zero-order chi connectivity index (χ0) is 13.3. The number of hydrogen-bond donors (Lipinski definition) is 2. The SMILES string of the molecule is Cc1noc(NS(=O)(=O)c2cc(N)cc(F)c2)n1. The highest BCUT2D eigenvalue weighted by atomic mass is 32.2. The minimum absolute atomic E-state index is 0.00270. The average Bonchev–Trinajstić information content (AvgIpc) is 2.61. The van der Waals surface area contributed by atoms with Gasteiger partial charge in [-0.2, -0.15) is 4.98 Å². The van der Waals surface area contributed by atoms with Gasteiger partial charge >= 0.3 is 6.01 Å². The molecule has 0 bridgehead atoms. The maximum absolute atomic E-state index is 13.1. The molecule has 9 heteroatoms. The van der Waals surface area contributed by atoms with Crippen LogP contribution < -0.4 is 10.5 Å². The highest BCUT2D eigenvalue weighted by Crippen LogP contribution is 2.18. The summed E-state index contributed by atoms with van der Waals surface area (Å²) in [5.41, 5.74) is 5.37. The summed E-state index contributed by atoms with van der Waals surface area (Å²) in [4.78, 5) is 3.35. The van der Waals surface area contributed by atoms with Gasteiger partial charge in [0.1, 0.15) is 5.82 Å². The summed E-state index contributed by atoms with van der Waals surface area (Å²) in [6.07, 6.45) is 0. The summed E-state index contributed by atoms with van der Waals surface area (Å²) in [7, 11) is -4.01. The van der Waals surface area contributed by atoms with Gasteiger partial charge in [0.15, 0.2) is 5.82 Å². The molecule has 0 amide bonds. The minimum atomic E-state index is -4.01. The van der Waals surface area contributed by atoms with E-state index < -0.39 is 15.8 Å². The maximum atomic E-state index is 13.1. The van der Waals surface area contributed by atoms with Crippen LogP contribution in [0.25, 0.3) is 0 Å². The first-order valence-electron chi connectivity index (χ1n) is 4.76. The van der Waals surface area contributed by atoms with Crippen LogP contribution in [0, 0.1) is 12.7 Å². The van der Waals surface area contributed by atoms with Crippen molar-refractivity contribution < 1.29 is 17.3 Å². The third-order valence-electron chi connectivity index (χ3n) is 1.95. The van der Waals surface area contributed by atoms with Gasteiger partial charge in [0.05, 0.1) is 4.90 Å². The van der Waals surface area contributed by atoms with E-state index in [1.165, 1.54) is 6.92 Å². The second kappa shape index (κ2) is 4.26. The second-order valence-electron chi connectivity index (χ2n) is 3.47. The fourth-order valence-corrected chi connectivity index (χ4v) is 2.24. The van der Waals surface area contributed by atoms with Gasteiger partial charge in [-0.1, -0.05) is 5.16 Å². The summed E-state index contributed by atoms with van der Waals surface area (Å²) >= 11 is 0. The fourth-order valence-electron chi connectivity index (χ4n) is 1.25. The van der Waals surface area contributed by atoms with Crippen LogP contribution in [0.3, 0.4) is 0 Å². The number of nitrogens with one attached hydrogen (secondary N) is 1. The molecule has 0 aliphatic carbocycles. The van der Waals surface area contributed by atoms with E-state index in [0.717, 1.165) is 18.2 Å². The van der Waals surface area contributed by atoms with Gasteiger partial charge in [-0.3, -0.25) is 0 Å². The number of anilines is 2. The van der Waals surface area contributed by atoms with E-state index in [2.05, 4.69) is 14.7 Å². The number of hydrogen-bond acceptors (Lipinski definition) is 6. The average molecular weight is 272 g/mol. The number of benzene rings is 1. The van der Waals surface area contributed by atoms with Crippen LogP contribution in [-0.4, -0.2) is 18.6 Å². The number of aryl methyl sites for hydroxylation is 1. The third-order valence-corrected chi connectivity index (χ3v) is 3.25. The van der Waals surface area contributed by atoms with Crippen molar-refractivity contribution >= 4 is 21.7 Å². The minimum Gasteiger partial charge on any atom is -0.399 e. The van der Waals surface area contributed by atoms with Gasteiger partial charge in [-0.15, -0.1) is 0 Å². The van der Waals surface area contributed by atoms with E-state index in [9.17, 15) is 12.8 Å². The molecule has 3 N–H and O–H groups in total. The van der Waals surface area contributed by atoms with Crippen molar-refractivity contribution in [1.29, 1.82) is 0 Å². The van der Waals surface area contributed by atoms with Gasteiger partial charge in [0, 0.05) is 5.69 Å². The third kappa shape index (κ3) is 2.56. The maximum Gasteiger partial charge on any atom is 0.335 e. The van der Waals surface area contributed by atoms with Crippen LogP contribution >= 0.6 is 0 Å². The van der Waals surface area contributed by atoms with E-state index in [-0.39, 0.29) is 22.4 Å². The first-order valence-corrected chi connectivity index (χ1v) is 6.24. The summed E-state index contributed by atoms with van der Waals surface area (Å²) in [5.74, 6) is -0.483. The molecule has 18 heavy (non-hydrogen) atoms. The van der Waals surface area contributed by atoms with Gasteiger partial charge < -0.3 is 10.3 Å². The van der Waals surface area contributed by atoms with Crippen LogP contribution in [0.1, 0.15) is 5.82 Å². The van der Waals surface area contributed by atoms with Gasteiger partial charge in [0.25, 0.3) is 10.0 Å². The van der Waals surface area contributed by atoms with Crippen molar-refractivity contribution in [3.05, 3.63) is 29.8 Å². The molecule has 0 aliphatic heterocycles. The van der Waals surface area contributed by atoms with E-state index >= 15 is 0 Å². The lowest BCUT2D eigenvalue weighted by molar-refractivity contribution is 0.429. The first kappa shape index (κ1) is 12.3. The molecule has 2 rings (SSSR count). The molecule has 2 aromatic rings. The summed E-state index contributed by atoms with van der Waals surface area (Å²) in [6.45, 7) is 1.53. The summed E-state index contributed by atoms with van der Waals surface area (Å²) in [6, 6.07) is 2.67. The molecule has 0 aliphatic rings. The van der Waals surface area contributed by atoms with E-state index in [1.54, 1.807) is 0 Å². The summed E-state index contributed by atoms with van der Waals surface area (Å²) in [5, 5.41) is 3.42. The van der Waals surface area contributed by atoms with Crippen molar-refractivity contribution in [1.82, 2.24) is 10.1 Å². The molecule has 1 aromatic carbocycles. The molecule has 0 saturated heterocycles. The molecular weight excluding hydrogens is 263 g/mol. The van der Waals surface area contributed by atoms with Gasteiger partial charge in [-0.25, -0.2) is 17.5 Å². The number of nitrogens with two attached hydrogens (primary N) is 1. The Labute approximate surface area is 102 Å². The lowest BCUT2D eigenvalue weighted by Crippen LogP contribution is -2.13. The standard InChI is InChI=1S/C9H9FN4O3S/c1-5-12-9(17-13-5)14-18(15,16)8-3-6(10)2-7(11)4-8/h2-4H,11H2,1H3,(H,12,13,14). The number of sulfonamides is 1. The highest BCUT2D eigenvalue weighted by molar-refractivity contribution is 7.92. The van der Waals surface area contributed by atoms with Crippen LogP contribution in [-0.2, 0) is 10.0 Å². The topological polar surface area (TPSA) is 111 Å². The monoisotopic (exact) mass is 272 g/mol. The lowest BCUT2D eigenvalue weighted by Gasteiger charge is -2.04. The molecule has 0 unspecified atom stereocenters. The molecule has 1 aromatic heterocycles. The quantitative estimate of drug-likeness (QED) is 0.803. The molecule has 0 spiro atoms. The van der Waals surface area contributed by atoms with Crippen molar-refractivity contribution in [2.75, 3.05) is 10.5 Å². The van der Waals surface area contributed by atoms with Crippen molar-refractivity contribution in [3.8, 4) is 0 Å². The number of nitrogens with zero attached hydrogens (tertiary/aromatic N) is 2. The van der Waals surface area contributed by atoms with Crippen LogP contribution in [0.15, 0.2) is 27.6 Å². The van der Waals surface area contributed by atoms with E-state index in [1.807, 2.05) is 4.72 Å². The van der Waals surface area contributed by atoms with Crippen molar-refractivity contribution in [2.24, 2.45) is 0 Å². The fraction of sp³-hybridized carbons (Fsp3) is 0.111. The first-order chi connectivity index (χ1) is 8.37. The number of aromatic nitrogens is 2. The predicted octanol–water partition coefficient (Wildman–Crippen LogP) is 0.900. The smallest absolute Gasteiger partial charge is 0.335 e. The molecular formula is C9H9FN4O3S. The van der Waals surface area contributed by atoms with Crippen LogP contribution in [0.2, 0.25) is 0 Å². The lowest BCUT2D eigenvalue weighted by atomic mass is 10.3. The zero-order valence-electron chi connectivity index (χ0n) is 9.21. The Balaban J connectivity index is 2.36. The molecule has 0 atom stereocenters. The Hall–Kier alpha value is -2.16. The van der Waals surface area contributed by atoms with Crippen molar-refractivity contribution in [2.45, 2.75) is 11.8 Å². The largest absolute Gasteiger partial charge is 0.399 e. The Morgan fingerprint density at radius 3 is 2.67 bits per heavy atom. The normalized spacial score (nSPS) is 11.4. The number of nitrogen functional groups attached to an aromatic ring is 1. The Kier molecular flexibility index (Phi) is 2.91. The van der Waals surface area contributed by atoms with Gasteiger partial charge in [-0.05, 0) is 25.1 Å². The Morgan fingerprint density at radius 1 is 1.39 bits per heavy atom. The molecule has 0 saturated carbocycles. The van der Waals surface area contributed by atoms with E-state index in [0.29, 0.717) is 0 Å². The molecule has 96 valence electrons.